The molecule has 10 heteroatoms. The van der Waals surface area contributed by atoms with E-state index in [9.17, 15) is 13.2 Å². The number of rotatable bonds is 13. The molecular formula is C24H32N2O5S3. The molecular weight excluding hydrogens is 492 g/mol. The molecule has 3 rings (SSSR count). The summed E-state index contributed by atoms with van der Waals surface area (Å²) >= 11 is 10.7. The van der Waals surface area contributed by atoms with E-state index in [4.69, 9.17) is 34.3 Å². The van der Waals surface area contributed by atoms with Crippen molar-refractivity contribution < 1.29 is 23.1 Å². The van der Waals surface area contributed by atoms with Crippen LogP contribution in [0, 0.1) is 11.8 Å². The molecule has 0 aromatic heterocycles. The zero-order valence-corrected chi connectivity index (χ0v) is 21.5. The first kappa shape index (κ1) is 26.7. The lowest BCUT2D eigenvalue weighted by molar-refractivity contribution is -0.137. The first-order valence-corrected chi connectivity index (χ1v) is 14.1. The Hall–Kier alpha value is -1.88. The number of allylic oxidation sites excluding steroid dienone is 2. The molecule has 34 heavy (non-hydrogen) atoms. The first-order chi connectivity index (χ1) is 16.3. The molecule has 4 atom stereocenters. The topological polar surface area (TPSA) is 105 Å². The Kier molecular flexibility index (Phi) is 9.99. The second kappa shape index (κ2) is 12.7. The molecule has 0 unspecified atom stereocenters. The van der Waals surface area contributed by atoms with Crippen LogP contribution in [0.2, 0.25) is 0 Å². The number of nitrogens with one attached hydrogen (secondary N) is 2. The maximum atomic E-state index is 12.4. The third-order valence-electron chi connectivity index (χ3n) is 6.33. The van der Waals surface area contributed by atoms with Gasteiger partial charge in [0, 0.05) is 18.9 Å². The zero-order valence-electron chi connectivity index (χ0n) is 19.0. The summed E-state index contributed by atoms with van der Waals surface area (Å²) in [4.78, 5) is 11.7. The number of unbranched alkanes of at least 4 members (excludes halogenated alkanes) is 1. The van der Waals surface area contributed by atoms with E-state index in [-0.39, 0.29) is 40.8 Å². The van der Waals surface area contributed by atoms with Crippen LogP contribution in [0.15, 0.2) is 47.4 Å². The highest BCUT2D eigenvalue weighted by Crippen LogP contribution is 2.44. The maximum absolute atomic E-state index is 12.4. The van der Waals surface area contributed by atoms with Gasteiger partial charge in [0.25, 0.3) is 0 Å². The number of hydrogen-bond donors (Lipinski definition) is 3. The number of fused-ring (bicyclic) bond motifs is 2. The Bertz CT molecular complexity index is 997. The summed E-state index contributed by atoms with van der Waals surface area (Å²) in [6.07, 6.45) is 9.38. The van der Waals surface area contributed by atoms with Crippen LogP contribution in [-0.2, 0) is 19.4 Å². The second-order valence-corrected chi connectivity index (χ2v) is 11.7. The SMILES string of the molecule is O=C(O)CCCC=CC[C@H]1[C@@H](CNC(=S)CNC(=S)CS(=O)(=O)c2ccccc2)[C@H]2CC[C@@H]1O2. The third kappa shape index (κ3) is 7.83. The Morgan fingerprint density at radius 1 is 1.06 bits per heavy atom. The average Bonchev–Trinajstić information content (AvgIpc) is 3.40. The van der Waals surface area contributed by atoms with Crippen molar-refractivity contribution in [1.29, 1.82) is 0 Å². The predicted molar refractivity (Wildman–Crippen MR) is 140 cm³/mol. The van der Waals surface area contributed by atoms with Gasteiger partial charge in [-0.2, -0.15) is 0 Å². The first-order valence-electron chi connectivity index (χ1n) is 11.6. The predicted octanol–water partition coefficient (Wildman–Crippen LogP) is 3.29. The van der Waals surface area contributed by atoms with Gasteiger partial charge >= 0.3 is 5.97 Å². The molecule has 2 bridgehead atoms. The molecule has 1 aromatic rings. The molecule has 2 aliphatic heterocycles. The van der Waals surface area contributed by atoms with Crippen LogP contribution in [0.5, 0.6) is 0 Å². The van der Waals surface area contributed by atoms with Gasteiger partial charge in [0.2, 0.25) is 0 Å². The lowest BCUT2D eigenvalue weighted by Crippen LogP contribution is -2.42. The smallest absolute Gasteiger partial charge is 0.303 e. The summed E-state index contributed by atoms with van der Waals surface area (Å²) in [7, 11) is -3.48. The molecule has 3 N–H and O–H groups in total. The molecule has 2 aliphatic rings. The van der Waals surface area contributed by atoms with Gasteiger partial charge in [-0.1, -0.05) is 54.8 Å². The standard InChI is InChI=1S/C24H32N2O5S3/c27-24(28)11-7-2-1-6-10-18-19(21-13-12-20(18)31-21)14-25-22(32)15-26-23(33)16-34(29,30)17-8-4-3-5-9-17/h1,3-6,8-9,18-21H,2,7,10-16H2,(H,25,32)(H,26,33)(H,27,28)/t18-,19+,20-,21+/m0/s1. The normalized spacial score (nSPS) is 23.8. The highest BCUT2D eigenvalue weighted by Gasteiger charge is 2.47. The number of carboxylic acids is 1. The molecule has 0 amide bonds. The van der Waals surface area contributed by atoms with Crippen LogP contribution in [-0.4, -0.2) is 60.5 Å². The van der Waals surface area contributed by atoms with E-state index in [1.165, 1.54) is 0 Å². The number of aliphatic carboxylic acids is 1. The van der Waals surface area contributed by atoms with Crippen LogP contribution in [0.4, 0.5) is 0 Å². The van der Waals surface area contributed by atoms with Gasteiger partial charge in [-0.05, 0) is 50.2 Å². The van der Waals surface area contributed by atoms with Gasteiger partial charge in [-0.25, -0.2) is 8.42 Å². The molecule has 186 valence electrons. The van der Waals surface area contributed by atoms with Crippen molar-refractivity contribution in [1.82, 2.24) is 10.6 Å². The molecule has 0 aliphatic carbocycles. The van der Waals surface area contributed by atoms with Crippen LogP contribution in [0.25, 0.3) is 0 Å². The molecule has 2 fully saturated rings. The Morgan fingerprint density at radius 3 is 2.47 bits per heavy atom. The summed E-state index contributed by atoms with van der Waals surface area (Å²) in [5.74, 6) is -0.249. The number of ether oxygens (including phenoxy) is 1. The van der Waals surface area contributed by atoms with Crippen molar-refractivity contribution in [3.63, 3.8) is 0 Å². The molecule has 0 spiro atoms. The summed E-state index contributed by atoms with van der Waals surface area (Å²) < 4.78 is 31.0. The minimum atomic E-state index is -3.48. The van der Waals surface area contributed by atoms with Crippen LogP contribution >= 0.6 is 24.4 Å². The number of benzene rings is 1. The van der Waals surface area contributed by atoms with E-state index in [2.05, 4.69) is 22.8 Å². The summed E-state index contributed by atoms with van der Waals surface area (Å²) in [5, 5.41) is 15.0. The van der Waals surface area contributed by atoms with Gasteiger partial charge in [-0.15, -0.1) is 0 Å². The van der Waals surface area contributed by atoms with Gasteiger partial charge < -0.3 is 20.5 Å². The zero-order chi connectivity index (χ0) is 24.6. The highest BCUT2D eigenvalue weighted by molar-refractivity contribution is 7.94. The Labute approximate surface area is 212 Å². The van der Waals surface area contributed by atoms with E-state index < -0.39 is 15.8 Å². The summed E-state index contributed by atoms with van der Waals surface area (Å²) in [5.41, 5.74) is 0. The van der Waals surface area contributed by atoms with Crippen molar-refractivity contribution in [2.75, 3.05) is 18.8 Å². The minimum Gasteiger partial charge on any atom is -0.481 e. The fraction of sp³-hybridized carbons (Fsp3) is 0.542. The fourth-order valence-corrected chi connectivity index (χ4v) is 6.51. The molecule has 0 saturated carbocycles. The van der Waals surface area contributed by atoms with Crippen LogP contribution in [0.3, 0.4) is 0 Å². The van der Waals surface area contributed by atoms with Gasteiger partial charge in [0.1, 0.15) is 5.75 Å². The molecule has 7 nitrogen and oxygen atoms in total. The maximum Gasteiger partial charge on any atom is 0.303 e. The van der Waals surface area contributed by atoms with Crippen molar-refractivity contribution in [2.45, 2.75) is 55.6 Å². The molecule has 1 aromatic carbocycles. The number of thiocarbonyl (C=S) groups is 2. The van der Waals surface area contributed by atoms with E-state index in [0.717, 1.165) is 25.7 Å². The molecule has 2 heterocycles. The molecule has 0 radical (unpaired) electrons. The fourth-order valence-electron chi connectivity index (χ4n) is 4.63. The van der Waals surface area contributed by atoms with E-state index in [0.29, 0.717) is 29.8 Å². The van der Waals surface area contributed by atoms with E-state index in [1.807, 2.05) is 0 Å². The van der Waals surface area contributed by atoms with E-state index in [1.54, 1.807) is 30.3 Å². The lowest BCUT2D eigenvalue weighted by atomic mass is 9.77. The van der Waals surface area contributed by atoms with Gasteiger partial charge in [0.15, 0.2) is 9.84 Å². The van der Waals surface area contributed by atoms with Gasteiger partial charge in [-0.3, -0.25) is 4.79 Å². The number of sulfone groups is 1. The summed E-state index contributed by atoms with van der Waals surface area (Å²) in [6.45, 7) is 0.989. The van der Waals surface area contributed by atoms with Crippen molar-refractivity contribution in [2.24, 2.45) is 11.8 Å². The highest BCUT2D eigenvalue weighted by atomic mass is 32.2. The van der Waals surface area contributed by atoms with Gasteiger partial charge in [0.05, 0.1) is 33.6 Å². The minimum absolute atomic E-state index is 0.196. The van der Waals surface area contributed by atoms with Crippen molar-refractivity contribution in [3.05, 3.63) is 42.5 Å². The largest absolute Gasteiger partial charge is 0.481 e. The quantitative estimate of drug-likeness (QED) is 0.204. The van der Waals surface area contributed by atoms with E-state index >= 15 is 0 Å². The van der Waals surface area contributed by atoms with Crippen LogP contribution < -0.4 is 10.6 Å². The monoisotopic (exact) mass is 524 g/mol. The Morgan fingerprint density at radius 2 is 1.76 bits per heavy atom. The second-order valence-electron chi connectivity index (χ2n) is 8.76. The molecule has 2 saturated heterocycles. The van der Waals surface area contributed by atoms with Crippen molar-refractivity contribution >= 4 is 50.2 Å². The Balaban J connectivity index is 1.40. The number of carboxylic acid groups (broad SMARTS) is 1. The average molecular weight is 525 g/mol. The number of carbonyl (C=O) groups is 1. The van der Waals surface area contributed by atoms with Crippen LogP contribution in [0.1, 0.15) is 38.5 Å². The summed E-state index contributed by atoms with van der Waals surface area (Å²) in [6, 6.07) is 8.26. The van der Waals surface area contributed by atoms with Crippen molar-refractivity contribution in [3.8, 4) is 0 Å². The lowest BCUT2D eigenvalue weighted by Gasteiger charge is -2.28. The third-order valence-corrected chi connectivity index (χ3v) is 8.75. The number of hydrogen-bond acceptors (Lipinski definition) is 6.